The van der Waals surface area contributed by atoms with Crippen molar-refractivity contribution < 1.29 is 14.3 Å². The highest BCUT2D eigenvalue weighted by atomic mass is 35.5. The third-order valence-electron chi connectivity index (χ3n) is 4.36. The molecule has 1 N–H and O–H groups in total. The van der Waals surface area contributed by atoms with Crippen LogP contribution in [0.1, 0.15) is 10.5 Å². The van der Waals surface area contributed by atoms with E-state index in [9.17, 15) is 14.3 Å². The zero-order chi connectivity index (χ0) is 20.5. The Morgan fingerprint density at radius 2 is 1.62 bits per heavy atom. The Bertz CT molecular complexity index is 1240. The summed E-state index contributed by atoms with van der Waals surface area (Å²) in [5.41, 5.74) is 1.31. The number of carbonyl (C=O) groups is 1. The number of nitrogens with zero attached hydrogens (tertiary/aromatic N) is 2. The summed E-state index contributed by atoms with van der Waals surface area (Å²) < 4.78 is 16.2. The molecular weight excluding hydrogens is 414 g/mol. The van der Waals surface area contributed by atoms with E-state index in [0.29, 0.717) is 21.3 Å². The summed E-state index contributed by atoms with van der Waals surface area (Å²) in [6.45, 7) is 0. The average molecular weight is 427 g/mol. The first-order valence-electron chi connectivity index (χ1n) is 8.58. The lowest BCUT2D eigenvalue weighted by molar-refractivity contribution is 0.0692. The van der Waals surface area contributed by atoms with E-state index >= 15 is 0 Å². The summed E-state index contributed by atoms with van der Waals surface area (Å²) in [6, 6.07) is 19.6. The van der Waals surface area contributed by atoms with E-state index in [4.69, 9.17) is 23.2 Å². The van der Waals surface area contributed by atoms with Crippen molar-refractivity contribution in [3.8, 4) is 28.3 Å². The molecule has 0 saturated carbocycles. The second-order valence-electron chi connectivity index (χ2n) is 6.24. The maximum atomic E-state index is 14.6. The Balaban J connectivity index is 2.14. The first kappa shape index (κ1) is 19.2. The van der Waals surface area contributed by atoms with E-state index in [2.05, 4.69) is 4.98 Å². The maximum Gasteiger partial charge on any atom is 0.356 e. The van der Waals surface area contributed by atoms with Crippen LogP contribution in [0.25, 0.3) is 28.3 Å². The number of aromatic carboxylic acids is 1. The summed E-state index contributed by atoms with van der Waals surface area (Å²) >= 11 is 12.3. The molecule has 7 heteroatoms. The van der Waals surface area contributed by atoms with Crippen LogP contribution in [0.3, 0.4) is 0 Å². The molecule has 3 aromatic carbocycles. The van der Waals surface area contributed by atoms with Gasteiger partial charge in [0.2, 0.25) is 0 Å². The van der Waals surface area contributed by atoms with Crippen molar-refractivity contribution in [3.05, 3.63) is 94.4 Å². The minimum absolute atomic E-state index is 0.151. The van der Waals surface area contributed by atoms with Crippen molar-refractivity contribution in [2.75, 3.05) is 0 Å². The van der Waals surface area contributed by atoms with E-state index in [1.54, 1.807) is 71.3 Å². The molecule has 29 heavy (non-hydrogen) atoms. The number of imidazole rings is 1. The number of hydrogen-bond donors (Lipinski definition) is 1. The Labute approximate surface area is 175 Å². The highest BCUT2D eigenvalue weighted by Gasteiger charge is 2.26. The molecule has 0 amide bonds. The molecule has 0 aliphatic rings. The van der Waals surface area contributed by atoms with Crippen molar-refractivity contribution >= 4 is 29.2 Å². The van der Waals surface area contributed by atoms with Gasteiger partial charge in [0.05, 0.1) is 11.3 Å². The Kier molecular flexibility index (Phi) is 5.09. The summed E-state index contributed by atoms with van der Waals surface area (Å²) in [7, 11) is 0. The number of aromatic nitrogens is 2. The molecule has 1 heterocycles. The number of hydrogen-bond acceptors (Lipinski definition) is 2. The van der Waals surface area contributed by atoms with E-state index in [0.717, 1.165) is 0 Å². The topological polar surface area (TPSA) is 55.1 Å². The highest BCUT2D eigenvalue weighted by Crippen LogP contribution is 2.35. The third kappa shape index (κ3) is 3.62. The van der Waals surface area contributed by atoms with Crippen LogP contribution >= 0.6 is 23.2 Å². The van der Waals surface area contributed by atoms with Gasteiger partial charge in [-0.2, -0.15) is 0 Å². The lowest BCUT2D eigenvalue weighted by Gasteiger charge is -2.14. The molecule has 4 rings (SSSR count). The fourth-order valence-corrected chi connectivity index (χ4v) is 3.54. The van der Waals surface area contributed by atoms with Crippen LogP contribution in [0.4, 0.5) is 4.39 Å². The van der Waals surface area contributed by atoms with E-state index in [1.807, 2.05) is 0 Å². The second kappa shape index (κ2) is 7.70. The maximum absolute atomic E-state index is 14.6. The van der Waals surface area contributed by atoms with Crippen LogP contribution in [0.15, 0.2) is 72.8 Å². The molecule has 4 nitrogen and oxygen atoms in total. The lowest BCUT2D eigenvalue weighted by atomic mass is 10.1. The Morgan fingerprint density at radius 1 is 0.931 bits per heavy atom. The minimum atomic E-state index is -1.24. The van der Waals surface area contributed by atoms with Gasteiger partial charge in [-0.15, -0.1) is 0 Å². The number of benzene rings is 3. The van der Waals surface area contributed by atoms with Gasteiger partial charge < -0.3 is 5.11 Å². The van der Waals surface area contributed by atoms with E-state index in [-0.39, 0.29) is 22.8 Å². The molecule has 0 aliphatic heterocycles. The van der Waals surface area contributed by atoms with Gasteiger partial charge in [0, 0.05) is 21.3 Å². The Hall–Kier alpha value is -3.15. The quantitative estimate of drug-likeness (QED) is 0.413. The summed E-state index contributed by atoms with van der Waals surface area (Å²) in [6.07, 6.45) is 0. The average Bonchev–Trinajstić information content (AvgIpc) is 3.09. The van der Waals surface area contributed by atoms with Crippen molar-refractivity contribution in [1.82, 2.24) is 9.55 Å². The van der Waals surface area contributed by atoms with Crippen molar-refractivity contribution in [3.63, 3.8) is 0 Å². The highest BCUT2D eigenvalue weighted by molar-refractivity contribution is 6.31. The van der Waals surface area contributed by atoms with Gasteiger partial charge in [0.25, 0.3) is 0 Å². The van der Waals surface area contributed by atoms with Gasteiger partial charge in [-0.25, -0.2) is 14.2 Å². The molecule has 144 valence electrons. The monoisotopic (exact) mass is 426 g/mol. The molecule has 0 fully saturated rings. The predicted octanol–water partition coefficient (Wildman–Crippen LogP) is 6.35. The van der Waals surface area contributed by atoms with Gasteiger partial charge in [-0.3, -0.25) is 4.57 Å². The SMILES string of the molecule is O=C(O)c1nc(-c2ccccc2F)n(-c2cccc(Cl)c2)c1-c1cccc(Cl)c1. The Morgan fingerprint density at radius 3 is 2.28 bits per heavy atom. The lowest BCUT2D eigenvalue weighted by Crippen LogP contribution is -2.03. The van der Waals surface area contributed by atoms with Crippen LogP contribution in [-0.2, 0) is 0 Å². The zero-order valence-corrected chi connectivity index (χ0v) is 16.3. The van der Waals surface area contributed by atoms with Crippen LogP contribution in [0, 0.1) is 5.82 Å². The summed E-state index contributed by atoms with van der Waals surface area (Å²) in [5.74, 6) is -1.61. The van der Waals surface area contributed by atoms with Crippen LogP contribution in [0.2, 0.25) is 10.0 Å². The molecule has 0 unspecified atom stereocenters. The van der Waals surface area contributed by atoms with E-state index < -0.39 is 11.8 Å². The fourth-order valence-electron chi connectivity index (χ4n) is 3.16. The van der Waals surface area contributed by atoms with Crippen LogP contribution < -0.4 is 0 Å². The smallest absolute Gasteiger partial charge is 0.356 e. The molecule has 0 saturated heterocycles. The first-order valence-corrected chi connectivity index (χ1v) is 9.34. The normalized spacial score (nSPS) is 10.9. The first-order chi connectivity index (χ1) is 14.0. The van der Waals surface area contributed by atoms with Gasteiger partial charge in [-0.05, 0) is 42.5 Å². The zero-order valence-electron chi connectivity index (χ0n) is 14.8. The molecule has 0 atom stereocenters. The molecule has 0 spiro atoms. The van der Waals surface area contributed by atoms with Gasteiger partial charge >= 0.3 is 5.97 Å². The predicted molar refractivity (Wildman–Crippen MR) is 111 cm³/mol. The fraction of sp³-hybridized carbons (Fsp3) is 0. The van der Waals surface area contributed by atoms with Crippen LogP contribution in [0.5, 0.6) is 0 Å². The van der Waals surface area contributed by atoms with Gasteiger partial charge in [-0.1, -0.05) is 53.5 Å². The second-order valence-corrected chi connectivity index (χ2v) is 7.12. The summed E-state index contributed by atoms with van der Waals surface area (Å²) in [5, 5.41) is 10.7. The molecule has 0 aliphatic carbocycles. The van der Waals surface area contributed by atoms with Gasteiger partial charge in [0.15, 0.2) is 5.69 Å². The van der Waals surface area contributed by atoms with Gasteiger partial charge in [0.1, 0.15) is 11.6 Å². The molecule has 4 aromatic rings. The van der Waals surface area contributed by atoms with Crippen molar-refractivity contribution in [2.45, 2.75) is 0 Å². The number of carboxylic acid groups (broad SMARTS) is 1. The largest absolute Gasteiger partial charge is 0.476 e. The third-order valence-corrected chi connectivity index (χ3v) is 4.83. The van der Waals surface area contributed by atoms with Crippen LogP contribution in [-0.4, -0.2) is 20.6 Å². The molecule has 1 aromatic heterocycles. The minimum Gasteiger partial charge on any atom is -0.476 e. The van der Waals surface area contributed by atoms with Crippen molar-refractivity contribution in [1.29, 1.82) is 0 Å². The van der Waals surface area contributed by atoms with E-state index in [1.165, 1.54) is 6.07 Å². The molecule has 0 radical (unpaired) electrons. The molecular formula is C22H13Cl2FN2O2. The standard InChI is InChI=1S/C22H13Cl2FN2O2/c23-14-6-3-5-13(11-14)20-19(22(28)29)26-21(17-9-1-2-10-18(17)25)27(20)16-8-4-7-15(24)12-16/h1-12H,(H,28,29). The number of halogens is 3. The summed E-state index contributed by atoms with van der Waals surface area (Å²) in [4.78, 5) is 16.3. The number of rotatable bonds is 4. The molecule has 0 bridgehead atoms. The number of carboxylic acids is 1. The van der Waals surface area contributed by atoms with Crippen molar-refractivity contribution in [2.24, 2.45) is 0 Å².